The lowest BCUT2D eigenvalue weighted by molar-refractivity contribution is -0.140. The summed E-state index contributed by atoms with van der Waals surface area (Å²) in [7, 11) is 0. The first-order valence-corrected chi connectivity index (χ1v) is 11.9. The molecule has 1 unspecified atom stereocenters. The minimum absolute atomic E-state index is 0.122. The van der Waals surface area contributed by atoms with Gasteiger partial charge in [-0.1, -0.05) is 49.2 Å². The third kappa shape index (κ3) is 7.02. The van der Waals surface area contributed by atoms with Gasteiger partial charge in [-0.15, -0.1) is 0 Å². The molecule has 1 atom stereocenters. The van der Waals surface area contributed by atoms with Crippen molar-refractivity contribution in [1.82, 2.24) is 10.2 Å². The molecule has 3 rings (SSSR count). The molecule has 2 amide bonds. The van der Waals surface area contributed by atoms with Gasteiger partial charge in [0.2, 0.25) is 11.8 Å². The molecule has 0 bridgehead atoms. The van der Waals surface area contributed by atoms with Crippen LogP contribution in [0.5, 0.6) is 11.5 Å². The van der Waals surface area contributed by atoms with E-state index in [4.69, 9.17) is 32.7 Å². The number of rotatable bonds is 9. The van der Waals surface area contributed by atoms with Crippen LogP contribution in [-0.2, 0) is 22.6 Å². The minimum Gasteiger partial charge on any atom is -0.486 e. The lowest BCUT2D eigenvalue weighted by Crippen LogP contribution is -2.48. The number of nitrogens with one attached hydrogen (secondary N) is 1. The minimum atomic E-state index is -0.633. The smallest absolute Gasteiger partial charge is 0.242 e. The van der Waals surface area contributed by atoms with E-state index in [-0.39, 0.29) is 24.8 Å². The van der Waals surface area contributed by atoms with Crippen molar-refractivity contribution in [2.45, 2.75) is 46.2 Å². The van der Waals surface area contributed by atoms with Crippen LogP contribution in [0, 0.1) is 5.92 Å². The molecule has 2 aromatic carbocycles. The molecule has 0 saturated carbocycles. The molecule has 1 N–H and O–H groups in total. The Morgan fingerprint density at radius 3 is 2.36 bits per heavy atom. The molecule has 0 aromatic heterocycles. The lowest BCUT2D eigenvalue weighted by Gasteiger charge is -2.29. The van der Waals surface area contributed by atoms with Crippen LogP contribution in [0.25, 0.3) is 0 Å². The van der Waals surface area contributed by atoms with Gasteiger partial charge in [0.25, 0.3) is 0 Å². The third-order valence-corrected chi connectivity index (χ3v) is 6.16. The number of carbonyl (C=O) groups is 2. The van der Waals surface area contributed by atoms with Crippen molar-refractivity contribution in [3.05, 3.63) is 57.6 Å². The first-order valence-electron chi connectivity index (χ1n) is 11.1. The van der Waals surface area contributed by atoms with E-state index in [1.807, 2.05) is 38.1 Å². The highest BCUT2D eigenvalue weighted by Gasteiger charge is 2.26. The average Bonchev–Trinajstić information content (AvgIpc) is 2.81. The maximum absolute atomic E-state index is 13.3. The molecule has 0 aliphatic carbocycles. The molecular formula is C25H30Cl2N2O4. The van der Waals surface area contributed by atoms with Gasteiger partial charge in [0, 0.05) is 19.5 Å². The van der Waals surface area contributed by atoms with E-state index in [0.29, 0.717) is 53.6 Å². The van der Waals surface area contributed by atoms with Gasteiger partial charge in [-0.05, 0) is 54.7 Å². The number of nitrogens with zero attached hydrogens (tertiary/aromatic N) is 1. The van der Waals surface area contributed by atoms with Gasteiger partial charge in [0.1, 0.15) is 19.3 Å². The summed E-state index contributed by atoms with van der Waals surface area (Å²) in [5, 5.41) is 3.78. The fourth-order valence-electron chi connectivity index (χ4n) is 3.51. The number of aryl methyl sites for hydroxylation is 1. The zero-order valence-corrected chi connectivity index (χ0v) is 20.7. The quantitative estimate of drug-likeness (QED) is 0.541. The van der Waals surface area contributed by atoms with E-state index in [9.17, 15) is 9.59 Å². The van der Waals surface area contributed by atoms with Gasteiger partial charge in [0.15, 0.2) is 11.5 Å². The van der Waals surface area contributed by atoms with E-state index in [0.717, 1.165) is 11.1 Å². The third-order valence-electron chi connectivity index (χ3n) is 5.42. The zero-order valence-electron chi connectivity index (χ0n) is 19.2. The van der Waals surface area contributed by atoms with Crippen molar-refractivity contribution >= 4 is 35.0 Å². The molecule has 1 aliphatic rings. The van der Waals surface area contributed by atoms with Crippen LogP contribution in [0.4, 0.5) is 0 Å². The number of halogens is 2. The molecule has 1 aliphatic heterocycles. The summed E-state index contributed by atoms with van der Waals surface area (Å²) in [4.78, 5) is 27.6. The summed E-state index contributed by atoms with van der Waals surface area (Å²) >= 11 is 12.2. The van der Waals surface area contributed by atoms with Crippen LogP contribution in [0.3, 0.4) is 0 Å². The predicted molar refractivity (Wildman–Crippen MR) is 130 cm³/mol. The van der Waals surface area contributed by atoms with Crippen molar-refractivity contribution in [2.24, 2.45) is 5.92 Å². The van der Waals surface area contributed by atoms with Crippen LogP contribution in [0.15, 0.2) is 36.4 Å². The number of fused-ring (bicyclic) bond motifs is 1. The van der Waals surface area contributed by atoms with Crippen LogP contribution >= 0.6 is 23.2 Å². The van der Waals surface area contributed by atoms with Crippen molar-refractivity contribution in [1.29, 1.82) is 0 Å². The summed E-state index contributed by atoms with van der Waals surface area (Å²) in [6.07, 6.45) is 0.774. The molecule has 1 heterocycles. The lowest BCUT2D eigenvalue weighted by atomic mass is 10.1. The van der Waals surface area contributed by atoms with Crippen LogP contribution < -0.4 is 14.8 Å². The largest absolute Gasteiger partial charge is 0.486 e. The highest BCUT2D eigenvalue weighted by atomic mass is 35.5. The Morgan fingerprint density at radius 2 is 1.67 bits per heavy atom. The molecule has 2 aromatic rings. The van der Waals surface area contributed by atoms with Crippen LogP contribution in [-0.4, -0.2) is 42.5 Å². The standard InChI is InChI=1S/C25H30Cl2N2O4/c1-16(2)14-28-25(31)17(3)29(15-19-4-7-20(26)21(27)12-19)24(30)9-6-18-5-8-22-23(13-18)33-11-10-32-22/h4-5,7-8,12-13,16-17H,6,9-11,14-15H2,1-3H3,(H,28,31). The molecule has 0 saturated heterocycles. The van der Waals surface area contributed by atoms with E-state index in [2.05, 4.69) is 5.32 Å². The predicted octanol–water partition coefficient (Wildman–Crippen LogP) is 4.89. The van der Waals surface area contributed by atoms with E-state index in [1.54, 1.807) is 24.0 Å². The molecule has 0 radical (unpaired) electrons. The summed E-state index contributed by atoms with van der Waals surface area (Å²) in [6, 6.07) is 10.3. The first kappa shape index (κ1) is 25.2. The van der Waals surface area contributed by atoms with Gasteiger partial charge >= 0.3 is 0 Å². The number of benzene rings is 2. The normalized spacial score (nSPS) is 13.5. The van der Waals surface area contributed by atoms with Crippen molar-refractivity contribution in [3.8, 4) is 11.5 Å². The van der Waals surface area contributed by atoms with Gasteiger partial charge in [-0.2, -0.15) is 0 Å². The second-order valence-electron chi connectivity index (χ2n) is 8.56. The van der Waals surface area contributed by atoms with Gasteiger partial charge < -0.3 is 19.7 Å². The second-order valence-corrected chi connectivity index (χ2v) is 9.38. The SMILES string of the molecule is CC(C)CNC(=O)C(C)N(Cc1ccc(Cl)c(Cl)c1)C(=O)CCc1ccc2c(c1)OCCO2. The second kappa shape index (κ2) is 11.6. The molecule has 0 fully saturated rings. The fourth-order valence-corrected chi connectivity index (χ4v) is 3.83. The molecular weight excluding hydrogens is 463 g/mol. The Labute approximate surface area is 205 Å². The van der Waals surface area contributed by atoms with Crippen molar-refractivity contribution in [3.63, 3.8) is 0 Å². The highest BCUT2D eigenvalue weighted by Crippen LogP contribution is 2.31. The average molecular weight is 493 g/mol. The van der Waals surface area contributed by atoms with Gasteiger partial charge in [-0.25, -0.2) is 0 Å². The molecule has 178 valence electrons. The number of carbonyl (C=O) groups excluding carboxylic acids is 2. The summed E-state index contributed by atoms with van der Waals surface area (Å²) in [5.74, 6) is 1.42. The molecule has 0 spiro atoms. The van der Waals surface area contributed by atoms with E-state index >= 15 is 0 Å². The summed E-state index contributed by atoms with van der Waals surface area (Å²) in [6.45, 7) is 7.65. The van der Waals surface area contributed by atoms with Crippen LogP contribution in [0.1, 0.15) is 38.3 Å². The zero-order chi connectivity index (χ0) is 24.0. The Hall–Kier alpha value is -2.44. The van der Waals surface area contributed by atoms with Crippen LogP contribution in [0.2, 0.25) is 10.0 Å². The number of amides is 2. The topological polar surface area (TPSA) is 67.9 Å². The van der Waals surface area contributed by atoms with E-state index in [1.165, 1.54) is 0 Å². The number of hydrogen-bond acceptors (Lipinski definition) is 4. The van der Waals surface area contributed by atoms with Crippen molar-refractivity contribution in [2.75, 3.05) is 19.8 Å². The Balaban J connectivity index is 1.73. The highest BCUT2D eigenvalue weighted by molar-refractivity contribution is 6.42. The summed E-state index contributed by atoms with van der Waals surface area (Å²) in [5.41, 5.74) is 1.78. The Bertz CT molecular complexity index is 996. The number of ether oxygens (including phenoxy) is 2. The van der Waals surface area contributed by atoms with Crippen molar-refractivity contribution < 1.29 is 19.1 Å². The maximum atomic E-state index is 13.3. The molecule has 33 heavy (non-hydrogen) atoms. The Morgan fingerprint density at radius 1 is 0.970 bits per heavy atom. The van der Waals surface area contributed by atoms with Gasteiger partial charge in [0.05, 0.1) is 10.0 Å². The fraction of sp³-hybridized carbons (Fsp3) is 0.440. The Kier molecular flexibility index (Phi) is 8.87. The van der Waals surface area contributed by atoms with Gasteiger partial charge in [-0.3, -0.25) is 9.59 Å². The molecule has 8 heteroatoms. The first-order chi connectivity index (χ1) is 15.7. The van der Waals surface area contributed by atoms with E-state index < -0.39 is 6.04 Å². The number of hydrogen-bond donors (Lipinski definition) is 1. The molecule has 6 nitrogen and oxygen atoms in total. The maximum Gasteiger partial charge on any atom is 0.242 e. The monoisotopic (exact) mass is 492 g/mol. The summed E-state index contributed by atoms with van der Waals surface area (Å²) < 4.78 is 11.2.